The Morgan fingerprint density at radius 1 is 1.17 bits per heavy atom. The SMILES string of the molecule is O=C(/C=C/c1ccco1)NCCOc1ccc2nnc(-c3ccc(F)cc3)n2n1. The first-order valence-corrected chi connectivity index (χ1v) is 8.80. The highest BCUT2D eigenvalue weighted by molar-refractivity contribution is 5.91. The predicted octanol–water partition coefficient (Wildman–Crippen LogP) is 2.73. The summed E-state index contributed by atoms with van der Waals surface area (Å²) in [6, 6.07) is 12.8. The van der Waals surface area contributed by atoms with Crippen molar-refractivity contribution in [1.29, 1.82) is 0 Å². The molecule has 8 nitrogen and oxygen atoms in total. The molecule has 4 aromatic rings. The van der Waals surface area contributed by atoms with Crippen LogP contribution in [0, 0.1) is 5.82 Å². The van der Waals surface area contributed by atoms with Gasteiger partial charge in [-0.15, -0.1) is 15.3 Å². The number of aromatic nitrogens is 4. The monoisotopic (exact) mass is 393 g/mol. The van der Waals surface area contributed by atoms with Crippen molar-refractivity contribution in [2.75, 3.05) is 13.2 Å². The number of carbonyl (C=O) groups excluding carboxylic acids is 1. The van der Waals surface area contributed by atoms with E-state index in [-0.39, 0.29) is 18.3 Å². The minimum absolute atomic E-state index is 0.229. The molecule has 9 heteroatoms. The number of rotatable bonds is 7. The van der Waals surface area contributed by atoms with Crippen LogP contribution in [0.5, 0.6) is 5.88 Å². The van der Waals surface area contributed by atoms with Crippen LogP contribution in [0.4, 0.5) is 4.39 Å². The first-order chi connectivity index (χ1) is 14.2. The zero-order valence-electron chi connectivity index (χ0n) is 15.2. The van der Waals surface area contributed by atoms with E-state index < -0.39 is 0 Å². The van der Waals surface area contributed by atoms with Gasteiger partial charge in [0, 0.05) is 17.7 Å². The van der Waals surface area contributed by atoms with Crippen LogP contribution in [-0.2, 0) is 4.79 Å². The van der Waals surface area contributed by atoms with Crippen molar-refractivity contribution in [2.45, 2.75) is 0 Å². The molecule has 3 aromatic heterocycles. The van der Waals surface area contributed by atoms with Crippen molar-refractivity contribution < 1.29 is 18.3 Å². The van der Waals surface area contributed by atoms with E-state index in [0.717, 1.165) is 0 Å². The third-order valence-electron chi connectivity index (χ3n) is 3.93. The normalized spacial score (nSPS) is 11.2. The summed E-state index contributed by atoms with van der Waals surface area (Å²) in [7, 11) is 0. The zero-order chi connectivity index (χ0) is 20.1. The third kappa shape index (κ3) is 4.46. The van der Waals surface area contributed by atoms with E-state index >= 15 is 0 Å². The molecule has 146 valence electrons. The highest BCUT2D eigenvalue weighted by Gasteiger charge is 2.10. The molecule has 0 spiro atoms. The Balaban J connectivity index is 1.35. The Hall–Kier alpha value is -4.01. The van der Waals surface area contributed by atoms with Crippen LogP contribution < -0.4 is 10.1 Å². The maximum Gasteiger partial charge on any atom is 0.244 e. The summed E-state index contributed by atoms with van der Waals surface area (Å²) < 4.78 is 25.4. The molecule has 29 heavy (non-hydrogen) atoms. The zero-order valence-corrected chi connectivity index (χ0v) is 15.2. The second-order valence-corrected chi connectivity index (χ2v) is 5.96. The van der Waals surface area contributed by atoms with Crippen LogP contribution in [0.3, 0.4) is 0 Å². The van der Waals surface area contributed by atoms with E-state index in [2.05, 4.69) is 20.6 Å². The lowest BCUT2D eigenvalue weighted by Gasteiger charge is -2.06. The molecule has 0 fully saturated rings. The van der Waals surface area contributed by atoms with E-state index in [1.165, 1.54) is 29.0 Å². The Bertz CT molecular complexity index is 1140. The predicted molar refractivity (Wildman–Crippen MR) is 102 cm³/mol. The number of nitrogens with zero attached hydrogens (tertiary/aromatic N) is 4. The molecule has 0 unspecified atom stereocenters. The minimum Gasteiger partial charge on any atom is -0.475 e. The lowest BCUT2D eigenvalue weighted by molar-refractivity contribution is -0.116. The molecule has 3 heterocycles. The topological polar surface area (TPSA) is 94.5 Å². The molecule has 0 aliphatic heterocycles. The van der Waals surface area contributed by atoms with Crippen molar-refractivity contribution in [3.8, 4) is 17.3 Å². The summed E-state index contributed by atoms with van der Waals surface area (Å²) in [5.41, 5.74) is 1.21. The van der Waals surface area contributed by atoms with Crippen LogP contribution in [-0.4, -0.2) is 38.9 Å². The van der Waals surface area contributed by atoms with Gasteiger partial charge in [0.25, 0.3) is 0 Å². The van der Waals surface area contributed by atoms with Crippen molar-refractivity contribution >= 4 is 17.6 Å². The van der Waals surface area contributed by atoms with Gasteiger partial charge >= 0.3 is 0 Å². The maximum absolute atomic E-state index is 13.1. The molecule has 0 saturated heterocycles. The van der Waals surface area contributed by atoms with Gasteiger partial charge in [0.2, 0.25) is 11.8 Å². The molecule has 0 bridgehead atoms. The summed E-state index contributed by atoms with van der Waals surface area (Å²) >= 11 is 0. The third-order valence-corrected chi connectivity index (χ3v) is 3.93. The number of ether oxygens (including phenoxy) is 1. The summed E-state index contributed by atoms with van der Waals surface area (Å²) in [6.07, 6.45) is 4.50. The van der Waals surface area contributed by atoms with Crippen LogP contribution in [0.15, 0.2) is 65.3 Å². The maximum atomic E-state index is 13.1. The van der Waals surface area contributed by atoms with Gasteiger partial charge in [0.05, 0.1) is 12.8 Å². The first kappa shape index (κ1) is 18.4. The molecular formula is C20H16FN5O3. The number of hydrogen-bond donors (Lipinski definition) is 1. The van der Waals surface area contributed by atoms with Gasteiger partial charge in [-0.3, -0.25) is 4.79 Å². The number of amides is 1. The fourth-order valence-electron chi connectivity index (χ4n) is 2.56. The lowest BCUT2D eigenvalue weighted by Crippen LogP contribution is -2.26. The molecule has 0 saturated carbocycles. The number of nitrogens with one attached hydrogen (secondary N) is 1. The number of fused-ring (bicyclic) bond motifs is 1. The summed E-state index contributed by atoms with van der Waals surface area (Å²) in [5.74, 6) is 0.828. The Morgan fingerprint density at radius 3 is 2.83 bits per heavy atom. The van der Waals surface area contributed by atoms with E-state index in [9.17, 15) is 9.18 Å². The van der Waals surface area contributed by atoms with Crippen molar-refractivity contribution in [2.24, 2.45) is 0 Å². The molecule has 1 aromatic carbocycles. The van der Waals surface area contributed by atoms with Gasteiger partial charge in [-0.2, -0.15) is 4.52 Å². The molecule has 0 atom stereocenters. The molecule has 1 amide bonds. The Kier molecular flexibility index (Phi) is 5.28. The highest BCUT2D eigenvalue weighted by Crippen LogP contribution is 2.19. The smallest absolute Gasteiger partial charge is 0.244 e. The highest BCUT2D eigenvalue weighted by atomic mass is 19.1. The molecule has 4 rings (SSSR count). The fourth-order valence-corrected chi connectivity index (χ4v) is 2.56. The average molecular weight is 393 g/mol. The lowest BCUT2D eigenvalue weighted by atomic mass is 10.2. The fraction of sp³-hybridized carbons (Fsp3) is 0.100. The summed E-state index contributed by atoms with van der Waals surface area (Å²) in [4.78, 5) is 11.8. The van der Waals surface area contributed by atoms with E-state index in [1.54, 1.807) is 42.5 Å². The molecule has 1 N–H and O–H groups in total. The van der Waals surface area contributed by atoms with Crippen LogP contribution in [0.2, 0.25) is 0 Å². The van der Waals surface area contributed by atoms with Gasteiger partial charge in [0.15, 0.2) is 11.5 Å². The van der Waals surface area contributed by atoms with Crippen LogP contribution >= 0.6 is 0 Å². The van der Waals surface area contributed by atoms with Crippen molar-refractivity contribution in [3.63, 3.8) is 0 Å². The number of halogens is 1. The number of hydrogen-bond acceptors (Lipinski definition) is 6. The van der Waals surface area contributed by atoms with Gasteiger partial charge in [-0.25, -0.2) is 4.39 Å². The molecule has 0 aliphatic rings. The first-order valence-electron chi connectivity index (χ1n) is 8.80. The van der Waals surface area contributed by atoms with Gasteiger partial charge in [-0.1, -0.05) is 0 Å². The van der Waals surface area contributed by atoms with E-state index in [4.69, 9.17) is 9.15 Å². The number of furan rings is 1. The number of carbonyl (C=O) groups is 1. The molecular weight excluding hydrogens is 377 g/mol. The standard InChI is InChI=1S/C20H16FN5O3/c21-15-5-3-14(4-6-15)20-24-23-17-8-10-19(25-26(17)20)29-13-11-22-18(27)9-7-16-2-1-12-28-16/h1-10,12H,11,13H2,(H,22,27)/b9-7+. The molecule has 0 radical (unpaired) electrons. The quantitative estimate of drug-likeness (QED) is 0.383. The minimum atomic E-state index is -0.333. The largest absolute Gasteiger partial charge is 0.475 e. The van der Waals surface area contributed by atoms with Crippen molar-refractivity contribution in [1.82, 2.24) is 25.1 Å². The van der Waals surface area contributed by atoms with Crippen LogP contribution in [0.25, 0.3) is 23.1 Å². The average Bonchev–Trinajstić information content (AvgIpc) is 3.40. The van der Waals surface area contributed by atoms with Gasteiger partial charge < -0.3 is 14.5 Å². The van der Waals surface area contributed by atoms with E-state index in [0.29, 0.717) is 35.2 Å². The van der Waals surface area contributed by atoms with Gasteiger partial charge in [-0.05, 0) is 48.5 Å². The number of benzene rings is 1. The Morgan fingerprint density at radius 2 is 2.03 bits per heavy atom. The van der Waals surface area contributed by atoms with Crippen LogP contribution in [0.1, 0.15) is 5.76 Å². The second kappa shape index (κ2) is 8.34. The van der Waals surface area contributed by atoms with Gasteiger partial charge in [0.1, 0.15) is 18.2 Å². The summed E-state index contributed by atoms with van der Waals surface area (Å²) in [5, 5.41) is 15.2. The second-order valence-electron chi connectivity index (χ2n) is 5.96. The van der Waals surface area contributed by atoms with Crippen molar-refractivity contribution in [3.05, 3.63) is 72.4 Å². The van der Waals surface area contributed by atoms with E-state index in [1.807, 2.05) is 0 Å². The Labute approximate surface area is 164 Å². The summed E-state index contributed by atoms with van der Waals surface area (Å²) in [6.45, 7) is 0.529. The molecule has 0 aliphatic carbocycles.